The van der Waals surface area contributed by atoms with E-state index in [-0.39, 0.29) is 94.4 Å². The molecule has 5 rings (SSSR count). The molecule has 3 aromatic carbocycles. The third-order valence-corrected chi connectivity index (χ3v) is 12.6. The van der Waals surface area contributed by atoms with E-state index in [1.807, 2.05) is 39.0 Å². The van der Waals surface area contributed by atoms with Crippen LogP contribution in [-0.4, -0.2) is 122 Å². The average Bonchev–Trinajstić information content (AvgIpc) is 4.05. The summed E-state index contributed by atoms with van der Waals surface area (Å²) in [5.41, 5.74) is 5.48. The van der Waals surface area contributed by atoms with Gasteiger partial charge in [-0.2, -0.15) is 5.10 Å². The molecule has 426 valence electrons. The first kappa shape index (κ1) is 61.7. The molecule has 4 aromatic rings. The highest BCUT2D eigenvalue weighted by molar-refractivity contribution is 6.12. The fraction of sp³-hybridized carbons (Fsp3) is 0.455. The lowest BCUT2D eigenvalue weighted by Gasteiger charge is -2.40. The van der Waals surface area contributed by atoms with Crippen LogP contribution < -0.4 is 32.3 Å². The van der Waals surface area contributed by atoms with Gasteiger partial charge in [0.1, 0.15) is 30.6 Å². The van der Waals surface area contributed by atoms with Crippen molar-refractivity contribution in [3.8, 4) is 11.4 Å². The second kappa shape index (κ2) is 29.0. The van der Waals surface area contributed by atoms with Crippen LogP contribution in [0.3, 0.4) is 0 Å². The van der Waals surface area contributed by atoms with Crippen LogP contribution in [0.25, 0.3) is 11.4 Å². The number of imide groups is 1. The highest BCUT2D eigenvalue weighted by atomic mass is 19.2. The number of rotatable bonds is 28. The van der Waals surface area contributed by atoms with Gasteiger partial charge in [0, 0.05) is 56.5 Å². The molecule has 9 amide bonds. The first-order valence-corrected chi connectivity index (χ1v) is 26.0. The van der Waals surface area contributed by atoms with Gasteiger partial charge in [0.2, 0.25) is 17.7 Å². The molecular formula is C55H70F3N11O10. The number of hydrogen-bond donors (Lipinski definition) is 7. The first-order chi connectivity index (χ1) is 37.4. The summed E-state index contributed by atoms with van der Waals surface area (Å²) in [4.78, 5) is 109. The van der Waals surface area contributed by atoms with Gasteiger partial charge in [-0.3, -0.25) is 33.7 Å². The van der Waals surface area contributed by atoms with Crippen molar-refractivity contribution in [3.05, 3.63) is 113 Å². The lowest BCUT2D eigenvalue weighted by atomic mass is 9.84. The number of hydrogen-bond acceptors (Lipinski definition) is 12. The molecule has 2 heterocycles. The number of aliphatic hydroxyl groups is 1. The van der Waals surface area contributed by atoms with Gasteiger partial charge in [-0.05, 0) is 79.7 Å². The van der Waals surface area contributed by atoms with E-state index in [0.29, 0.717) is 36.6 Å². The molecule has 1 aliphatic rings. The molecule has 0 saturated carbocycles. The summed E-state index contributed by atoms with van der Waals surface area (Å²) in [5.74, 6) is -7.41. The van der Waals surface area contributed by atoms with Crippen LogP contribution in [-0.2, 0) is 46.7 Å². The predicted octanol–water partition coefficient (Wildman–Crippen LogP) is 5.52. The minimum absolute atomic E-state index is 0.00762. The van der Waals surface area contributed by atoms with Crippen LogP contribution >= 0.6 is 0 Å². The van der Waals surface area contributed by atoms with E-state index in [1.54, 1.807) is 50.2 Å². The summed E-state index contributed by atoms with van der Waals surface area (Å²) >= 11 is 0. The number of alkyl carbamates (subject to hydrolysis) is 1. The number of primary amides is 1. The van der Waals surface area contributed by atoms with E-state index >= 15 is 4.39 Å². The molecule has 0 bridgehead atoms. The largest absolute Gasteiger partial charge is 0.445 e. The van der Waals surface area contributed by atoms with E-state index in [0.717, 1.165) is 16.5 Å². The number of carbonyl (C=O) groups excluding carboxylic acids is 8. The first-order valence-electron chi connectivity index (χ1n) is 26.0. The van der Waals surface area contributed by atoms with Crippen molar-refractivity contribution in [3.63, 3.8) is 0 Å². The Morgan fingerprint density at radius 2 is 1.48 bits per heavy atom. The number of anilines is 1. The molecule has 0 unspecified atom stereocenters. The molecule has 1 aliphatic heterocycles. The molecule has 0 spiro atoms. The molecule has 1 aromatic heterocycles. The van der Waals surface area contributed by atoms with E-state index in [1.165, 1.54) is 28.7 Å². The zero-order chi connectivity index (χ0) is 58.0. The van der Waals surface area contributed by atoms with Gasteiger partial charge < -0.3 is 47.1 Å². The third-order valence-electron chi connectivity index (χ3n) is 12.6. The Morgan fingerprint density at radius 1 is 0.810 bits per heavy atom. The van der Waals surface area contributed by atoms with E-state index in [2.05, 4.69) is 36.7 Å². The van der Waals surface area contributed by atoms with Gasteiger partial charge in [-0.15, -0.1) is 0 Å². The minimum Gasteiger partial charge on any atom is -0.445 e. The Morgan fingerprint density at radius 3 is 2.11 bits per heavy atom. The van der Waals surface area contributed by atoms with Crippen molar-refractivity contribution in [2.45, 2.75) is 124 Å². The summed E-state index contributed by atoms with van der Waals surface area (Å²) in [5, 5.41) is 28.4. The summed E-state index contributed by atoms with van der Waals surface area (Å²) in [6.45, 7) is 10.5. The van der Waals surface area contributed by atoms with Gasteiger partial charge >= 0.3 is 12.1 Å². The number of nitrogens with one attached hydrogen (secondary N) is 5. The smallest absolute Gasteiger partial charge is 0.407 e. The lowest BCUT2D eigenvalue weighted by molar-refractivity contribution is -0.145. The van der Waals surface area contributed by atoms with Crippen LogP contribution in [0.4, 0.5) is 28.4 Å². The van der Waals surface area contributed by atoms with Gasteiger partial charge in [0.05, 0.1) is 18.2 Å². The molecule has 0 fully saturated rings. The second-order valence-corrected chi connectivity index (χ2v) is 20.5. The monoisotopic (exact) mass is 1100 g/mol. The molecule has 0 radical (unpaired) electrons. The number of aliphatic hydroxyl groups excluding tert-OH is 1. The van der Waals surface area contributed by atoms with Crippen LogP contribution in [0.1, 0.15) is 109 Å². The van der Waals surface area contributed by atoms with E-state index in [9.17, 15) is 52.2 Å². The van der Waals surface area contributed by atoms with Crippen molar-refractivity contribution in [1.82, 2.24) is 45.8 Å². The van der Waals surface area contributed by atoms with Crippen LogP contribution in [0.2, 0.25) is 0 Å². The summed E-state index contributed by atoms with van der Waals surface area (Å²) in [7, 11) is 0. The number of benzene rings is 3. The number of nitrogens with two attached hydrogens (primary N) is 1. The Hall–Kier alpha value is -8.15. The number of urea groups is 1. The SMILES string of the molecule is CC(C)[C@H](NC(=O)CCCCCN1C(=O)C=CC1=O)C(=O)N[C@@H](CCCNC(N)=O)C(=O)Nc1ccc(COC(=O)NCCCN(C(=O)[C@H](C)O)[C@@H](c2nc(-c3cc(F)cc(F)c3F)nn2Cc2ccccc2)C(C)(C)C)cc1. The second-order valence-electron chi connectivity index (χ2n) is 20.5. The zero-order valence-corrected chi connectivity index (χ0v) is 45.2. The average molecular weight is 1100 g/mol. The number of halogens is 3. The molecule has 4 atom stereocenters. The highest BCUT2D eigenvalue weighted by Gasteiger charge is 2.40. The molecular weight excluding hydrogens is 1030 g/mol. The predicted molar refractivity (Wildman–Crippen MR) is 284 cm³/mol. The lowest BCUT2D eigenvalue weighted by Crippen LogP contribution is -2.54. The summed E-state index contributed by atoms with van der Waals surface area (Å²) in [6.07, 6.45) is 2.23. The molecule has 24 heteroatoms. The number of carbonyl (C=O) groups is 8. The summed E-state index contributed by atoms with van der Waals surface area (Å²) < 4.78 is 50.9. The Balaban J connectivity index is 1.17. The molecule has 0 aliphatic carbocycles. The maximum Gasteiger partial charge on any atom is 0.407 e. The van der Waals surface area contributed by atoms with Gasteiger partial charge in [0.25, 0.3) is 17.7 Å². The Kier molecular flexibility index (Phi) is 22.7. The molecule has 21 nitrogen and oxygen atoms in total. The Labute approximate surface area is 456 Å². The number of aromatic nitrogens is 3. The fourth-order valence-electron chi connectivity index (χ4n) is 8.63. The number of amides is 9. The highest BCUT2D eigenvalue weighted by Crippen LogP contribution is 2.39. The normalized spacial score (nSPS) is 13.8. The quantitative estimate of drug-likeness (QED) is 0.0210. The minimum atomic E-state index is -1.48. The van der Waals surface area contributed by atoms with Gasteiger partial charge in [-0.25, -0.2) is 32.4 Å². The Bertz CT molecular complexity index is 2800. The molecule has 79 heavy (non-hydrogen) atoms. The fourth-order valence-corrected chi connectivity index (χ4v) is 8.63. The number of ether oxygens (including phenoxy) is 1. The van der Waals surface area contributed by atoms with Crippen molar-refractivity contribution >= 4 is 53.3 Å². The van der Waals surface area contributed by atoms with Crippen LogP contribution in [0.5, 0.6) is 0 Å². The molecule has 8 N–H and O–H groups in total. The van der Waals surface area contributed by atoms with Crippen molar-refractivity contribution in [2.75, 3.05) is 31.5 Å². The van der Waals surface area contributed by atoms with Gasteiger partial charge in [-0.1, -0.05) is 83.5 Å². The van der Waals surface area contributed by atoms with Crippen LogP contribution in [0, 0.1) is 28.8 Å². The maximum absolute atomic E-state index is 15.2. The molecule has 0 saturated heterocycles. The topological polar surface area (TPSA) is 289 Å². The number of nitrogens with zero attached hydrogens (tertiary/aromatic N) is 5. The van der Waals surface area contributed by atoms with Crippen LogP contribution in [0.15, 0.2) is 78.9 Å². The summed E-state index contributed by atoms with van der Waals surface area (Å²) in [6, 6.07) is 12.7. The van der Waals surface area contributed by atoms with E-state index < -0.39 is 88.4 Å². The standard InChI is InChI=1S/C55H70F3N11O10/c1-33(2)46(64-42(71)18-11-8-12-27-67-43(72)23-24-44(67)73)51(75)63-41(17-13-25-60-53(59)77)50(74)62-38-21-19-36(20-22-38)32-79-54(78)61-26-14-28-68(52(76)34(3)70)47(55(4,5)6)49-65-48(39-29-37(56)30-40(57)45(39)58)66-69(49)31-35-15-9-7-10-16-35/h7,9-10,15-16,19-24,29-30,33-34,41,46-47,70H,8,11-14,17-18,25-28,31-32H2,1-6H3,(H,61,78)(H,62,74)(H,63,75)(H,64,71)(H3,59,60,77)/t34-,41-,46-,47-/m0/s1. The maximum atomic E-state index is 15.2. The van der Waals surface area contributed by atoms with E-state index in [4.69, 9.17) is 10.5 Å². The zero-order valence-electron chi connectivity index (χ0n) is 45.2. The van der Waals surface area contributed by atoms with Crippen molar-refractivity contribution in [2.24, 2.45) is 17.1 Å². The van der Waals surface area contributed by atoms with Crippen molar-refractivity contribution in [1.29, 1.82) is 0 Å². The van der Waals surface area contributed by atoms with Gasteiger partial charge in [0.15, 0.2) is 23.3 Å². The third kappa shape index (κ3) is 18.5. The number of unbranched alkanes of at least 4 members (excludes halogenated alkanes) is 2. The van der Waals surface area contributed by atoms with Crippen molar-refractivity contribution < 1.29 is 61.4 Å².